The standard InChI is InChI=1S/C14H21N3O3/c1-16-12-9-10(17(5-7-18)6-8-20-2)3-4-11(12)13(15)14(16)19/h3-4,9,13,18H,5-8,15H2,1-2H3. The SMILES string of the molecule is COCCN(CCO)c1ccc2c(c1)N(C)C(=O)C2N. The molecule has 2 rings (SSSR count). The Bertz CT molecular complexity index is 493. The number of carbonyl (C=O) groups excluding carboxylic acids is 1. The van der Waals surface area contributed by atoms with Crippen molar-refractivity contribution in [3.8, 4) is 0 Å². The summed E-state index contributed by atoms with van der Waals surface area (Å²) in [4.78, 5) is 15.5. The smallest absolute Gasteiger partial charge is 0.248 e. The van der Waals surface area contributed by atoms with E-state index in [2.05, 4.69) is 0 Å². The molecule has 6 nitrogen and oxygen atoms in total. The number of fused-ring (bicyclic) bond motifs is 1. The fourth-order valence-corrected chi connectivity index (χ4v) is 2.43. The topological polar surface area (TPSA) is 79.0 Å². The summed E-state index contributed by atoms with van der Waals surface area (Å²) in [5.74, 6) is -0.0947. The van der Waals surface area contributed by atoms with E-state index < -0.39 is 6.04 Å². The molecule has 0 fully saturated rings. The van der Waals surface area contributed by atoms with Crippen molar-refractivity contribution < 1.29 is 14.6 Å². The van der Waals surface area contributed by atoms with Crippen molar-refractivity contribution in [3.05, 3.63) is 23.8 Å². The van der Waals surface area contributed by atoms with E-state index in [1.54, 1.807) is 19.1 Å². The molecule has 0 aliphatic carbocycles. The number of amides is 1. The minimum Gasteiger partial charge on any atom is -0.395 e. The highest BCUT2D eigenvalue weighted by Gasteiger charge is 2.32. The third-order valence-corrected chi connectivity index (χ3v) is 3.61. The van der Waals surface area contributed by atoms with Crippen LogP contribution in [0, 0.1) is 0 Å². The highest BCUT2D eigenvalue weighted by molar-refractivity contribution is 6.04. The van der Waals surface area contributed by atoms with Crippen LogP contribution < -0.4 is 15.5 Å². The Kier molecular flexibility index (Phi) is 4.59. The second-order valence-corrected chi connectivity index (χ2v) is 4.82. The molecule has 1 aromatic carbocycles. The maximum Gasteiger partial charge on any atom is 0.248 e. The molecule has 1 aliphatic rings. The molecule has 20 heavy (non-hydrogen) atoms. The summed E-state index contributed by atoms with van der Waals surface area (Å²) in [6.07, 6.45) is 0. The number of ether oxygens (including phenoxy) is 1. The summed E-state index contributed by atoms with van der Waals surface area (Å²) in [7, 11) is 3.37. The largest absolute Gasteiger partial charge is 0.395 e. The van der Waals surface area contributed by atoms with E-state index in [0.29, 0.717) is 19.7 Å². The number of hydrogen-bond acceptors (Lipinski definition) is 5. The van der Waals surface area contributed by atoms with Gasteiger partial charge < -0.3 is 25.4 Å². The van der Waals surface area contributed by atoms with E-state index in [1.165, 1.54) is 0 Å². The zero-order valence-electron chi connectivity index (χ0n) is 11.9. The van der Waals surface area contributed by atoms with Crippen molar-refractivity contribution in [3.63, 3.8) is 0 Å². The molecular formula is C14H21N3O3. The normalized spacial score (nSPS) is 17.5. The van der Waals surface area contributed by atoms with Crippen LogP contribution in [0.2, 0.25) is 0 Å². The summed E-state index contributed by atoms with van der Waals surface area (Å²) < 4.78 is 5.08. The van der Waals surface area contributed by atoms with Gasteiger partial charge in [0.15, 0.2) is 0 Å². The van der Waals surface area contributed by atoms with Crippen LogP contribution in [-0.4, -0.2) is 51.5 Å². The van der Waals surface area contributed by atoms with Crippen molar-refractivity contribution in [2.75, 3.05) is 50.3 Å². The van der Waals surface area contributed by atoms with Gasteiger partial charge in [0.1, 0.15) is 6.04 Å². The summed E-state index contributed by atoms with van der Waals surface area (Å²) in [5.41, 5.74) is 8.51. The molecule has 1 aliphatic heterocycles. The molecule has 0 aromatic heterocycles. The van der Waals surface area contributed by atoms with Crippen molar-refractivity contribution in [1.82, 2.24) is 0 Å². The Labute approximate surface area is 118 Å². The summed E-state index contributed by atoms with van der Waals surface area (Å²) in [6, 6.07) is 5.17. The monoisotopic (exact) mass is 279 g/mol. The van der Waals surface area contributed by atoms with Gasteiger partial charge in [0, 0.05) is 38.5 Å². The molecule has 0 saturated carbocycles. The van der Waals surface area contributed by atoms with Crippen LogP contribution in [0.15, 0.2) is 18.2 Å². The predicted octanol–water partition coefficient (Wildman–Crippen LogP) is 0.108. The molecule has 3 N–H and O–H groups in total. The summed E-state index contributed by atoms with van der Waals surface area (Å²) in [6.45, 7) is 1.84. The summed E-state index contributed by atoms with van der Waals surface area (Å²) >= 11 is 0. The number of aliphatic hydroxyl groups is 1. The van der Waals surface area contributed by atoms with Crippen molar-refractivity contribution in [1.29, 1.82) is 0 Å². The molecule has 0 radical (unpaired) electrons. The highest BCUT2D eigenvalue weighted by atomic mass is 16.5. The fourth-order valence-electron chi connectivity index (χ4n) is 2.43. The van der Waals surface area contributed by atoms with Crippen LogP contribution in [0.3, 0.4) is 0 Å². The molecule has 0 saturated heterocycles. The maximum atomic E-state index is 11.9. The average molecular weight is 279 g/mol. The van der Waals surface area contributed by atoms with Gasteiger partial charge in [0.2, 0.25) is 5.91 Å². The lowest BCUT2D eigenvalue weighted by Crippen LogP contribution is -2.30. The first kappa shape index (κ1) is 14.8. The number of nitrogens with two attached hydrogens (primary N) is 1. The third kappa shape index (κ3) is 2.63. The quantitative estimate of drug-likeness (QED) is 0.772. The van der Waals surface area contributed by atoms with Gasteiger partial charge in [0.05, 0.1) is 18.9 Å². The fraction of sp³-hybridized carbons (Fsp3) is 0.500. The number of likely N-dealkylation sites (N-methyl/N-ethyl adjacent to an activating group) is 1. The van der Waals surface area contributed by atoms with Gasteiger partial charge in [-0.25, -0.2) is 0 Å². The summed E-state index contributed by atoms with van der Waals surface area (Å²) in [5, 5.41) is 9.16. The van der Waals surface area contributed by atoms with Crippen LogP contribution in [0.25, 0.3) is 0 Å². The zero-order valence-corrected chi connectivity index (χ0v) is 11.9. The second kappa shape index (κ2) is 6.21. The minimum atomic E-state index is -0.575. The van der Waals surface area contributed by atoms with Crippen LogP contribution in [0.5, 0.6) is 0 Å². The first-order valence-corrected chi connectivity index (χ1v) is 6.62. The number of benzene rings is 1. The van der Waals surface area contributed by atoms with E-state index in [1.807, 2.05) is 23.1 Å². The lowest BCUT2D eigenvalue weighted by atomic mass is 10.1. The average Bonchev–Trinajstić information content (AvgIpc) is 2.68. The highest BCUT2D eigenvalue weighted by Crippen LogP contribution is 2.36. The van der Waals surface area contributed by atoms with Crippen molar-refractivity contribution >= 4 is 17.3 Å². The van der Waals surface area contributed by atoms with E-state index in [-0.39, 0.29) is 12.5 Å². The van der Waals surface area contributed by atoms with E-state index >= 15 is 0 Å². The number of nitrogens with zero attached hydrogens (tertiary/aromatic N) is 2. The molecule has 0 spiro atoms. The molecular weight excluding hydrogens is 258 g/mol. The molecule has 110 valence electrons. The number of rotatable bonds is 6. The van der Waals surface area contributed by atoms with Gasteiger partial charge in [-0.2, -0.15) is 0 Å². The molecule has 6 heteroatoms. The Hall–Kier alpha value is -1.63. The molecule has 1 heterocycles. The predicted molar refractivity (Wildman–Crippen MR) is 78.0 cm³/mol. The Morgan fingerprint density at radius 3 is 2.85 bits per heavy atom. The van der Waals surface area contributed by atoms with E-state index in [0.717, 1.165) is 16.9 Å². The number of carbonyl (C=O) groups is 1. The first-order valence-electron chi connectivity index (χ1n) is 6.62. The Morgan fingerprint density at radius 1 is 1.45 bits per heavy atom. The number of aliphatic hydroxyl groups excluding tert-OH is 1. The molecule has 1 aromatic rings. The minimum absolute atomic E-state index is 0.0646. The number of anilines is 2. The van der Waals surface area contributed by atoms with Crippen molar-refractivity contribution in [2.24, 2.45) is 5.73 Å². The van der Waals surface area contributed by atoms with E-state index in [9.17, 15) is 4.79 Å². The maximum absolute atomic E-state index is 11.9. The lowest BCUT2D eigenvalue weighted by molar-refractivity contribution is -0.118. The third-order valence-electron chi connectivity index (χ3n) is 3.61. The van der Waals surface area contributed by atoms with Crippen LogP contribution in [0.1, 0.15) is 11.6 Å². The van der Waals surface area contributed by atoms with Gasteiger partial charge >= 0.3 is 0 Å². The van der Waals surface area contributed by atoms with Gasteiger partial charge in [0.25, 0.3) is 0 Å². The lowest BCUT2D eigenvalue weighted by Gasteiger charge is -2.24. The van der Waals surface area contributed by atoms with Gasteiger partial charge in [-0.1, -0.05) is 6.07 Å². The van der Waals surface area contributed by atoms with Crippen LogP contribution in [-0.2, 0) is 9.53 Å². The molecule has 1 atom stereocenters. The van der Waals surface area contributed by atoms with E-state index in [4.69, 9.17) is 15.6 Å². The molecule has 0 bridgehead atoms. The first-order chi connectivity index (χ1) is 9.60. The number of hydrogen-bond donors (Lipinski definition) is 2. The zero-order chi connectivity index (χ0) is 14.7. The molecule has 1 unspecified atom stereocenters. The van der Waals surface area contributed by atoms with Gasteiger partial charge in [-0.05, 0) is 12.1 Å². The van der Waals surface area contributed by atoms with Crippen LogP contribution >= 0.6 is 0 Å². The second-order valence-electron chi connectivity index (χ2n) is 4.82. The van der Waals surface area contributed by atoms with Crippen LogP contribution in [0.4, 0.5) is 11.4 Å². The van der Waals surface area contributed by atoms with Gasteiger partial charge in [-0.15, -0.1) is 0 Å². The van der Waals surface area contributed by atoms with Gasteiger partial charge in [-0.3, -0.25) is 4.79 Å². The Balaban J connectivity index is 2.28. The Morgan fingerprint density at radius 2 is 2.20 bits per heavy atom. The van der Waals surface area contributed by atoms with Crippen molar-refractivity contribution in [2.45, 2.75) is 6.04 Å². The number of methoxy groups -OCH3 is 1. The molecule has 1 amide bonds.